The number of para-hydroxylation sites is 1. The Kier molecular flexibility index (Phi) is 5.64. The van der Waals surface area contributed by atoms with Crippen molar-refractivity contribution in [3.63, 3.8) is 0 Å². The minimum atomic E-state index is -1.18. The largest absolute Gasteiger partial charge is 0.497 e. The second kappa shape index (κ2) is 8.55. The molecule has 0 aliphatic carbocycles. The van der Waals surface area contributed by atoms with Crippen LogP contribution in [0.25, 0.3) is 0 Å². The summed E-state index contributed by atoms with van der Waals surface area (Å²) in [6.07, 6.45) is 0. The maximum absolute atomic E-state index is 13.2. The molecule has 0 saturated carbocycles. The lowest BCUT2D eigenvalue weighted by atomic mass is 9.92. The number of methoxy groups -OCH3 is 1. The number of amides is 4. The number of anilines is 1. The Morgan fingerprint density at radius 2 is 1.72 bits per heavy atom. The summed E-state index contributed by atoms with van der Waals surface area (Å²) in [5.41, 5.74) is 1.39. The minimum absolute atomic E-state index is 0.102. The number of rotatable bonds is 6. The van der Waals surface area contributed by atoms with Gasteiger partial charge in [0.2, 0.25) is 0 Å². The summed E-state index contributed by atoms with van der Waals surface area (Å²) in [6, 6.07) is 22.6. The maximum atomic E-state index is 13.2. The number of hydrogen-bond donors (Lipinski definition) is 2. The third-order valence-corrected chi connectivity index (χ3v) is 5.51. The fourth-order valence-corrected chi connectivity index (χ4v) is 3.64. The Bertz CT molecular complexity index is 1160. The van der Waals surface area contributed by atoms with Crippen molar-refractivity contribution >= 4 is 23.5 Å². The predicted molar refractivity (Wildman–Crippen MR) is 120 cm³/mol. The third-order valence-electron chi connectivity index (χ3n) is 5.51. The van der Waals surface area contributed by atoms with Crippen molar-refractivity contribution in [1.82, 2.24) is 10.2 Å². The Hall–Kier alpha value is -4.13. The average Bonchev–Trinajstić information content (AvgIpc) is 3.04. The second-order valence-corrected chi connectivity index (χ2v) is 7.70. The highest BCUT2D eigenvalue weighted by Gasteiger charge is 2.49. The van der Waals surface area contributed by atoms with Gasteiger partial charge in [-0.15, -0.1) is 0 Å². The Morgan fingerprint density at radius 3 is 2.41 bits per heavy atom. The molecule has 1 atom stereocenters. The van der Waals surface area contributed by atoms with E-state index in [0.717, 1.165) is 5.56 Å². The first-order chi connectivity index (χ1) is 15.4. The summed E-state index contributed by atoms with van der Waals surface area (Å²) in [5.74, 6) is 0.0265. The first-order valence-electron chi connectivity index (χ1n) is 10.1. The van der Waals surface area contributed by atoms with Crippen LogP contribution in [0.15, 0.2) is 78.9 Å². The number of carbonyl (C=O) groups excluding carboxylic acids is 3. The van der Waals surface area contributed by atoms with Crippen LogP contribution in [0.4, 0.5) is 10.5 Å². The monoisotopic (exact) mass is 429 g/mol. The summed E-state index contributed by atoms with van der Waals surface area (Å²) in [6.45, 7) is 1.78. The van der Waals surface area contributed by atoms with Crippen LogP contribution in [0.1, 0.15) is 28.4 Å². The molecule has 7 heteroatoms. The Balaban J connectivity index is 1.47. The molecular weight excluding hydrogens is 406 g/mol. The first-order valence-corrected chi connectivity index (χ1v) is 10.1. The molecule has 162 valence electrons. The molecule has 1 fully saturated rings. The van der Waals surface area contributed by atoms with E-state index in [1.165, 1.54) is 4.90 Å². The third kappa shape index (κ3) is 4.05. The van der Waals surface area contributed by atoms with Crippen molar-refractivity contribution in [2.24, 2.45) is 0 Å². The van der Waals surface area contributed by atoms with Crippen molar-refractivity contribution in [2.45, 2.75) is 19.0 Å². The molecule has 1 aliphatic heterocycles. The van der Waals surface area contributed by atoms with Crippen LogP contribution >= 0.6 is 0 Å². The van der Waals surface area contributed by atoms with Crippen LogP contribution in [0, 0.1) is 0 Å². The van der Waals surface area contributed by atoms with E-state index in [4.69, 9.17) is 4.74 Å². The van der Waals surface area contributed by atoms with Crippen molar-refractivity contribution in [1.29, 1.82) is 0 Å². The highest BCUT2D eigenvalue weighted by Crippen LogP contribution is 2.31. The van der Waals surface area contributed by atoms with Gasteiger partial charge in [0.1, 0.15) is 11.3 Å². The van der Waals surface area contributed by atoms with Crippen LogP contribution in [-0.2, 0) is 16.9 Å². The van der Waals surface area contributed by atoms with Gasteiger partial charge >= 0.3 is 6.03 Å². The summed E-state index contributed by atoms with van der Waals surface area (Å²) in [7, 11) is 1.55. The highest BCUT2D eigenvalue weighted by molar-refractivity contribution is 6.07. The molecule has 4 rings (SSSR count). The van der Waals surface area contributed by atoms with Crippen LogP contribution in [0.2, 0.25) is 0 Å². The normalized spacial score (nSPS) is 17.8. The zero-order valence-corrected chi connectivity index (χ0v) is 17.8. The van der Waals surface area contributed by atoms with Gasteiger partial charge in [0.25, 0.3) is 11.8 Å². The topological polar surface area (TPSA) is 87.7 Å². The first kappa shape index (κ1) is 21.1. The van der Waals surface area contributed by atoms with Gasteiger partial charge in [0, 0.05) is 11.3 Å². The van der Waals surface area contributed by atoms with E-state index < -0.39 is 11.6 Å². The number of ether oxygens (including phenoxy) is 1. The molecule has 0 bridgehead atoms. The van der Waals surface area contributed by atoms with Gasteiger partial charge in [0.05, 0.1) is 13.7 Å². The summed E-state index contributed by atoms with van der Waals surface area (Å²) >= 11 is 0. The van der Waals surface area contributed by atoms with E-state index >= 15 is 0 Å². The zero-order chi connectivity index (χ0) is 22.7. The molecule has 0 unspecified atom stereocenters. The molecule has 0 spiro atoms. The summed E-state index contributed by atoms with van der Waals surface area (Å²) in [5, 5.41) is 5.62. The molecule has 4 amide bonds. The molecule has 0 radical (unpaired) electrons. The second-order valence-electron chi connectivity index (χ2n) is 7.70. The van der Waals surface area contributed by atoms with Gasteiger partial charge in [-0.05, 0) is 54.4 Å². The van der Waals surface area contributed by atoms with Gasteiger partial charge in [-0.1, -0.05) is 42.5 Å². The van der Waals surface area contributed by atoms with E-state index in [2.05, 4.69) is 10.6 Å². The van der Waals surface area contributed by atoms with Gasteiger partial charge in [-0.25, -0.2) is 4.79 Å². The molecule has 0 aromatic heterocycles. The number of carbonyl (C=O) groups is 3. The molecule has 1 heterocycles. The van der Waals surface area contributed by atoms with Crippen LogP contribution in [0.5, 0.6) is 5.75 Å². The molecule has 32 heavy (non-hydrogen) atoms. The summed E-state index contributed by atoms with van der Waals surface area (Å²) < 4.78 is 5.24. The number of imide groups is 1. The number of nitrogens with one attached hydrogen (secondary N) is 2. The van der Waals surface area contributed by atoms with Gasteiger partial charge in [-0.3, -0.25) is 14.5 Å². The Morgan fingerprint density at radius 1 is 1.00 bits per heavy atom. The summed E-state index contributed by atoms with van der Waals surface area (Å²) in [4.78, 5) is 39.4. The molecule has 7 nitrogen and oxygen atoms in total. The van der Waals surface area contributed by atoms with Crippen LogP contribution in [0.3, 0.4) is 0 Å². The fourth-order valence-electron chi connectivity index (χ4n) is 3.64. The van der Waals surface area contributed by atoms with Crippen LogP contribution in [-0.4, -0.2) is 29.9 Å². The van der Waals surface area contributed by atoms with Crippen molar-refractivity contribution < 1.29 is 19.1 Å². The maximum Gasteiger partial charge on any atom is 0.325 e. The van der Waals surface area contributed by atoms with Gasteiger partial charge in [-0.2, -0.15) is 0 Å². The SMILES string of the molecule is COc1cccc([C@@]2(C)NC(=O)N(Cc3ccc(C(=O)Nc4ccccc4)cc3)C2=O)c1. The molecular formula is C25H23N3O4. The molecule has 1 saturated heterocycles. The van der Waals surface area contributed by atoms with Gasteiger partial charge in [0.15, 0.2) is 0 Å². The van der Waals surface area contributed by atoms with E-state index in [1.807, 2.05) is 30.3 Å². The standard InChI is InChI=1S/C25H23N3O4/c1-25(19-7-6-10-21(15-19)32-2)23(30)28(24(31)27-25)16-17-11-13-18(14-12-17)22(29)26-20-8-4-3-5-9-20/h3-15H,16H2,1-2H3,(H,26,29)(H,27,31)/t25-/m1/s1. The van der Waals surface area contributed by atoms with Gasteiger partial charge < -0.3 is 15.4 Å². The number of benzene rings is 3. The van der Waals surface area contributed by atoms with Crippen LogP contribution < -0.4 is 15.4 Å². The lowest BCUT2D eigenvalue weighted by molar-refractivity contribution is -0.131. The lowest BCUT2D eigenvalue weighted by Gasteiger charge is -2.22. The fraction of sp³-hybridized carbons (Fsp3) is 0.160. The van der Waals surface area contributed by atoms with Crippen molar-refractivity contribution in [2.75, 3.05) is 12.4 Å². The molecule has 3 aromatic carbocycles. The zero-order valence-electron chi connectivity index (χ0n) is 17.8. The average molecular weight is 429 g/mol. The minimum Gasteiger partial charge on any atom is -0.497 e. The molecule has 2 N–H and O–H groups in total. The van der Waals surface area contributed by atoms with E-state index in [0.29, 0.717) is 22.6 Å². The highest BCUT2D eigenvalue weighted by atomic mass is 16.5. The van der Waals surface area contributed by atoms with Crippen molar-refractivity contribution in [3.8, 4) is 5.75 Å². The number of nitrogens with zero attached hydrogens (tertiary/aromatic N) is 1. The predicted octanol–water partition coefficient (Wildman–Crippen LogP) is 3.91. The van der Waals surface area contributed by atoms with E-state index in [9.17, 15) is 14.4 Å². The Labute approximate surface area is 186 Å². The lowest BCUT2D eigenvalue weighted by Crippen LogP contribution is -2.40. The smallest absolute Gasteiger partial charge is 0.325 e. The number of urea groups is 1. The molecule has 1 aliphatic rings. The number of hydrogen-bond acceptors (Lipinski definition) is 4. The van der Waals surface area contributed by atoms with E-state index in [-0.39, 0.29) is 18.4 Å². The van der Waals surface area contributed by atoms with E-state index in [1.54, 1.807) is 62.6 Å². The molecule has 3 aromatic rings. The van der Waals surface area contributed by atoms with Crippen molar-refractivity contribution in [3.05, 3.63) is 95.6 Å². The quantitative estimate of drug-likeness (QED) is 0.582.